The van der Waals surface area contributed by atoms with Crippen molar-refractivity contribution < 1.29 is 19.5 Å². The number of carbonyl (C=O) groups excluding carboxylic acids is 2. The van der Waals surface area contributed by atoms with E-state index < -0.39 is 23.7 Å². The van der Waals surface area contributed by atoms with Gasteiger partial charge in [0.1, 0.15) is 0 Å². The molecule has 2 amide bonds. The van der Waals surface area contributed by atoms with E-state index in [1.807, 2.05) is 12.1 Å². The number of nitrogens with zero attached hydrogens (tertiary/aromatic N) is 1. The minimum atomic E-state index is -1.34. The maximum absolute atomic E-state index is 12.6. The normalized spacial score (nSPS) is 16.9. The van der Waals surface area contributed by atoms with E-state index in [2.05, 4.69) is 0 Å². The summed E-state index contributed by atoms with van der Waals surface area (Å²) in [5.41, 5.74) is 1.43. The Hall–Kier alpha value is -2.66. The average Bonchev–Trinajstić information content (AvgIpc) is 2.56. The Balaban J connectivity index is 1.88. The lowest BCUT2D eigenvalue weighted by Crippen LogP contribution is -2.47. The molecule has 2 aromatic rings. The number of fused-ring (bicyclic) bond motifs is 1. The summed E-state index contributed by atoms with van der Waals surface area (Å²) in [5, 5.41) is 10.0. The molecule has 24 heavy (non-hydrogen) atoms. The van der Waals surface area contributed by atoms with Crippen molar-refractivity contribution in [1.82, 2.24) is 4.90 Å². The van der Waals surface area contributed by atoms with Gasteiger partial charge in [0, 0.05) is 17.1 Å². The molecule has 0 saturated carbocycles. The Kier molecular flexibility index (Phi) is 4.36. The van der Waals surface area contributed by atoms with Crippen LogP contribution in [0.1, 0.15) is 27.4 Å². The largest absolute Gasteiger partial charge is 0.480 e. The molecule has 1 aliphatic heterocycles. The minimum Gasteiger partial charge on any atom is -0.480 e. The van der Waals surface area contributed by atoms with Gasteiger partial charge in [-0.05, 0) is 35.7 Å². The van der Waals surface area contributed by atoms with Crippen molar-refractivity contribution in [2.24, 2.45) is 0 Å². The first-order chi connectivity index (χ1) is 11.5. The first-order valence-corrected chi connectivity index (χ1v) is 7.78. The second kappa shape index (κ2) is 6.45. The number of carbonyl (C=O) groups is 3. The summed E-state index contributed by atoms with van der Waals surface area (Å²) in [6.45, 7) is 0.122. The standard InChI is InChI=1S/C18H14ClNO4/c19-12-7-5-11(6-8-12)9-10-20-16(21)14-4-2-1-3-13(14)15(17(20)22)18(23)24/h1-8,15H,9-10H2,(H,23,24). The molecule has 1 aliphatic rings. The van der Waals surface area contributed by atoms with E-state index >= 15 is 0 Å². The molecule has 6 heteroatoms. The molecule has 0 aromatic heterocycles. The number of halogens is 1. The molecule has 0 fully saturated rings. The Morgan fingerprint density at radius 2 is 1.75 bits per heavy atom. The highest BCUT2D eigenvalue weighted by molar-refractivity contribution is 6.30. The molecule has 1 N–H and O–H groups in total. The van der Waals surface area contributed by atoms with Crippen molar-refractivity contribution in [3.05, 3.63) is 70.2 Å². The number of carboxylic acids is 1. The molecule has 1 unspecified atom stereocenters. The van der Waals surface area contributed by atoms with Gasteiger partial charge in [0.05, 0.1) is 0 Å². The third-order valence-corrected chi connectivity index (χ3v) is 4.30. The van der Waals surface area contributed by atoms with Gasteiger partial charge >= 0.3 is 5.97 Å². The van der Waals surface area contributed by atoms with Crippen molar-refractivity contribution in [3.63, 3.8) is 0 Å². The van der Waals surface area contributed by atoms with Crippen LogP contribution in [0.2, 0.25) is 5.02 Å². The van der Waals surface area contributed by atoms with Crippen LogP contribution in [0.4, 0.5) is 0 Å². The molecule has 0 aliphatic carbocycles. The summed E-state index contributed by atoms with van der Waals surface area (Å²) in [4.78, 5) is 37.6. The predicted octanol–water partition coefficient (Wildman–Crippen LogP) is 2.73. The van der Waals surface area contributed by atoms with E-state index in [0.29, 0.717) is 11.4 Å². The summed E-state index contributed by atoms with van der Waals surface area (Å²) in [6, 6.07) is 13.4. The number of hydrogen-bond acceptors (Lipinski definition) is 3. The molecule has 3 rings (SSSR count). The summed E-state index contributed by atoms with van der Waals surface area (Å²) >= 11 is 5.83. The van der Waals surface area contributed by atoms with Crippen molar-refractivity contribution in [3.8, 4) is 0 Å². The molecular weight excluding hydrogens is 330 g/mol. The van der Waals surface area contributed by atoms with E-state index in [0.717, 1.165) is 10.5 Å². The lowest BCUT2D eigenvalue weighted by Gasteiger charge is -2.30. The van der Waals surface area contributed by atoms with E-state index in [4.69, 9.17) is 11.6 Å². The van der Waals surface area contributed by atoms with Crippen LogP contribution >= 0.6 is 11.6 Å². The highest BCUT2D eigenvalue weighted by atomic mass is 35.5. The lowest BCUT2D eigenvalue weighted by molar-refractivity contribution is -0.146. The van der Waals surface area contributed by atoms with E-state index in [-0.39, 0.29) is 17.7 Å². The Morgan fingerprint density at radius 1 is 1.08 bits per heavy atom. The molecule has 0 saturated heterocycles. The fourth-order valence-electron chi connectivity index (χ4n) is 2.82. The fourth-order valence-corrected chi connectivity index (χ4v) is 2.95. The number of imide groups is 1. The zero-order chi connectivity index (χ0) is 17.3. The monoisotopic (exact) mass is 343 g/mol. The summed E-state index contributed by atoms with van der Waals surface area (Å²) in [7, 11) is 0. The van der Waals surface area contributed by atoms with Crippen LogP contribution in [0, 0.1) is 0 Å². The highest BCUT2D eigenvalue weighted by Gasteiger charge is 2.42. The second-order valence-corrected chi connectivity index (χ2v) is 5.97. The molecule has 2 aromatic carbocycles. The first kappa shape index (κ1) is 16.2. The number of aliphatic carboxylic acids is 1. The van der Waals surface area contributed by atoms with Gasteiger partial charge in [-0.15, -0.1) is 0 Å². The number of rotatable bonds is 4. The van der Waals surface area contributed by atoms with Crippen LogP contribution in [0.5, 0.6) is 0 Å². The summed E-state index contributed by atoms with van der Waals surface area (Å²) in [6.07, 6.45) is 0.434. The van der Waals surface area contributed by atoms with Gasteiger partial charge < -0.3 is 5.11 Å². The smallest absolute Gasteiger partial charge is 0.320 e. The lowest BCUT2D eigenvalue weighted by atomic mass is 9.88. The van der Waals surface area contributed by atoms with Crippen LogP contribution in [0.15, 0.2) is 48.5 Å². The molecule has 0 spiro atoms. The van der Waals surface area contributed by atoms with E-state index in [1.54, 1.807) is 30.3 Å². The molecule has 0 radical (unpaired) electrons. The Labute approximate surface area is 143 Å². The quantitative estimate of drug-likeness (QED) is 0.684. The number of amides is 2. The number of hydrogen-bond donors (Lipinski definition) is 1. The number of benzene rings is 2. The number of carboxylic acid groups (broad SMARTS) is 1. The van der Waals surface area contributed by atoms with Crippen LogP contribution in [0.3, 0.4) is 0 Å². The van der Waals surface area contributed by atoms with Crippen LogP contribution in [-0.4, -0.2) is 34.3 Å². The van der Waals surface area contributed by atoms with Gasteiger partial charge in [-0.1, -0.05) is 41.9 Å². The van der Waals surface area contributed by atoms with E-state index in [1.165, 1.54) is 6.07 Å². The van der Waals surface area contributed by atoms with Crippen molar-refractivity contribution in [1.29, 1.82) is 0 Å². The van der Waals surface area contributed by atoms with Gasteiger partial charge in [-0.2, -0.15) is 0 Å². The molecule has 1 atom stereocenters. The maximum atomic E-state index is 12.6. The average molecular weight is 344 g/mol. The second-order valence-electron chi connectivity index (χ2n) is 5.53. The summed E-state index contributed by atoms with van der Waals surface area (Å²) in [5.74, 6) is -3.75. The Morgan fingerprint density at radius 3 is 2.42 bits per heavy atom. The van der Waals surface area contributed by atoms with Gasteiger partial charge in [0.2, 0.25) is 5.91 Å². The van der Waals surface area contributed by atoms with Gasteiger partial charge in [0.25, 0.3) is 5.91 Å². The van der Waals surface area contributed by atoms with E-state index in [9.17, 15) is 19.5 Å². The maximum Gasteiger partial charge on any atom is 0.320 e. The van der Waals surface area contributed by atoms with Crippen LogP contribution in [-0.2, 0) is 16.0 Å². The predicted molar refractivity (Wildman–Crippen MR) is 88.0 cm³/mol. The Bertz CT molecular complexity index is 816. The third kappa shape index (κ3) is 2.90. The van der Waals surface area contributed by atoms with Gasteiger partial charge in [-0.25, -0.2) is 0 Å². The molecule has 5 nitrogen and oxygen atoms in total. The topological polar surface area (TPSA) is 74.7 Å². The minimum absolute atomic E-state index is 0.122. The molecule has 122 valence electrons. The fraction of sp³-hybridized carbons (Fsp3) is 0.167. The van der Waals surface area contributed by atoms with Crippen molar-refractivity contribution in [2.45, 2.75) is 12.3 Å². The zero-order valence-electron chi connectivity index (χ0n) is 12.6. The summed E-state index contributed by atoms with van der Waals surface area (Å²) < 4.78 is 0. The highest BCUT2D eigenvalue weighted by Crippen LogP contribution is 2.29. The third-order valence-electron chi connectivity index (χ3n) is 4.04. The van der Waals surface area contributed by atoms with Crippen molar-refractivity contribution in [2.75, 3.05) is 6.54 Å². The van der Waals surface area contributed by atoms with Crippen LogP contribution < -0.4 is 0 Å². The molecule has 0 bridgehead atoms. The van der Waals surface area contributed by atoms with Gasteiger partial charge in [0.15, 0.2) is 5.92 Å². The van der Waals surface area contributed by atoms with Crippen LogP contribution in [0.25, 0.3) is 0 Å². The zero-order valence-corrected chi connectivity index (χ0v) is 13.4. The first-order valence-electron chi connectivity index (χ1n) is 7.41. The molecule has 1 heterocycles. The van der Waals surface area contributed by atoms with Gasteiger partial charge in [-0.3, -0.25) is 19.3 Å². The molecular formula is C18H14ClNO4. The van der Waals surface area contributed by atoms with Crippen molar-refractivity contribution >= 4 is 29.4 Å². The SMILES string of the molecule is O=C(O)C1C(=O)N(CCc2ccc(Cl)cc2)C(=O)c2ccccc21.